The largest absolute Gasteiger partial charge is 0.466 e. The summed E-state index contributed by atoms with van der Waals surface area (Å²) >= 11 is 2.05. The average Bonchev–Trinajstić information content (AvgIpc) is 3.20. The molecule has 2 aliphatic heterocycles. The molecule has 2 heterocycles. The van der Waals surface area contributed by atoms with Crippen molar-refractivity contribution in [3.8, 4) is 0 Å². The summed E-state index contributed by atoms with van der Waals surface area (Å²) in [5.41, 5.74) is -0.475. The Hall–Kier alpha value is 0.255. The number of rotatable bonds is 6. The minimum absolute atomic E-state index is 0.1000. The third kappa shape index (κ3) is 3.51. The van der Waals surface area contributed by atoms with Gasteiger partial charge in [-0.05, 0) is 40.5 Å². The highest BCUT2D eigenvalue weighted by Crippen LogP contribution is 2.60. The second kappa shape index (κ2) is 6.28. The van der Waals surface area contributed by atoms with Gasteiger partial charge in [0.15, 0.2) is 0 Å². The molecule has 0 amide bonds. The highest BCUT2D eigenvalue weighted by Gasteiger charge is 2.64. The van der Waals surface area contributed by atoms with Crippen molar-refractivity contribution in [3.05, 3.63) is 0 Å². The standard InChI is InChI=1S/C16H30BNO3S/c1-14(2)15(3,4)21-17(20-14)16(5-6-16)13-19-10-7-18-8-11-22-12-9-18/h5-13H2,1-4H3. The molecule has 0 aromatic carbocycles. The summed E-state index contributed by atoms with van der Waals surface area (Å²) in [6, 6.07) is 0. The maximum absolute atomic E-state index is 6.22. The quantitative estimate of drug-likeness (QED) is 0.553. The molecule has 4 nitrogen and oxygen atoms in total. The smallest absolute Gasteiger partial charge is 0.403 e. The summed E-state index contributed by atoms with van der Waals surface area (Å²) in [5.74, 6) is 2.52. The van der Waals surface area contributed by atoms with Gasteiger partial charge >= 0.3 is 7.12 Å². The molecule has 0 aromatic heterocycles. The van der Waals surface area contributed by atoms with Gasteiger partial charge in [-0.1, -0.05) is 0 Å². The van der Waals surface area contributed by atoms with E-state index in [9.17, 15) is 0 Å². The van der Waals surface area contributed by atoms with Gasteiger partial charge in [-0.15, -0.1) is 0 Å². The van der Waals surface area contributed by atoms with Crippen molar-refractivity contribution in [2.45, 2.75) is 57.1 Å². The third-order valence-corrected chi connectivity index (χ3v) is 6.63. The van der Waals surface area contributed by atoms with Crippen LogP contribution in [0.15, 0.2) is 0 Å². The molecule has 0 bridgehead atoms. The van der Waals surface area contributed by atoms with Crippen LogP contribution in [0.25, 0.3) is 0 Å². The van der Waals surface area contributed by atoms with Crippen molar-refractivity contribution >= 4 is 18.9 Å². The predicted molar refractivity (Wildman–Crippen MR) is 92.6 cm³/mol. The van der Waals surface area contributed by atoms with Crippen LogP contribution >= 0.6 is 11.8 Å². The van der Waals surface area contributed by atoms with Gasteiger partial charge in [0.25, 0.3) is 0 Å². The zero-order valence-corrected chi connectivity index (χ0v) is 15.3. The van der Waals surface area contributed by atoms with Crippen LogP contribution in [-0.2, 0) is 14.0 Å². The SMILES string of the molecule is CC1(C)OB(C2(COCCN3CCSCC3)CC2)OC1(C)C. The molecule has 0 atom stereocenters. The maximum Gasteiger partial charge on any atom is 0.466 e. The summed E-state index contributed by atoms with van der Waals surface area (Å²) in [4.78, 5) is 2.50. The van der Waals surface area contributed by atoms with Crippen molar-refractivity contribution in [3.63, 3.8) is 0 Å². The Kier molecular flexibility index (Phi) is 4.88. The summed E-state index contributed by atoms with van der Waals surface area (Å²) in [5, 5.41) is 0.1000. The van der Waals surface area contributed by atoms with Crippen LogP contribution < -0.4 is 0 Å². The summed E-state index contributed by atoms with van der Waals surface area (Å²) in [6.07, 6.45) is 2.31. The molecule has 22 heavy (non-hydrogen) atoms. The van der Waals surface area contributed by atoms with E-state index < -0.39 is 0 Å². The molecule has 1 saturated carbocycles. The average molecular weight is 327 g/mol. The molecule has 3 fully saturated rings. The maximum atomic E-state index is 6.22. The highest BCUT2D eigenvalue weighted by atomic mass is 32.2. The number of hydrogen-bond donors (Lipinski definition) is 0. The minimum Gasteiger partial charge on any atom is -0.403 e. The number of hydrogen-bond acceptors (Lipinski definition) is 5. The fourth-order valence-corrected chi connectivity index (χ4v) is 3.97. The number of ether oxygens (including phenoxy) is 1. The van der Waals surface area contributed by atoms with E-state index >= 15 is 0 Å². The summed E-state index contributed by atoms with van der Waals surface area (Å²) in [6.45, 7) is 13.6. The lowest BCUT2D eigenvalue weighted by molar-refractivity contribution is 0.00578. The Labute approximate surface area is 139 Å². The van der Waals surface area contributed by atoms with E-state index in [1.807, 2.05) is 0 Å². The van der Waals surface area contributed by atoms with Crippen LogP contribution in [0.2, 0.25) is 5.31 Å². The van der Waals surface area contributed by atoms with Crippen molar-refractivity contribution in [1.82, 2.24) is 4.90 Å². The van der Waals surface area contributed by atoms with Crippen molar-refractivity contribution < 1.29 is 14.0 Å². The van der Waals surface area contributed by atoms with Gasteiger partial charge in [0.2, 0.25) is 0 Å². The Morgan fingerprint density at radius 3 is 2.18 bits per heavy atom. The van der Waals surface area contributed by atoms with Gasteiger partial charge in [-0.2, -0.15) is 11.8 Å². The predicted octanol–water partition coefficient (Wildman–Crippen LogP) is 2.68. The van der Waals surface area contributed by atoms with Crippen LogP contribution in [0, 0.1) is 0 Å². The van der Waals surface area contributed by atoms with E-state index in [2.05, 4.69) is 44.4 Å². The monoisotopic (exact) mass is 327 g/mol. The van der Waals surface area contributed by atoms with Crippen LogP contribution in [-0.4, -0.2) is 67.6 Å². The Morgan fingerprint density at radius 2 is 1.64 bits per heavy atom. The van der Waals surface area contributed by atoms with E-state index in [0.717, 1.165) is 32.6 Å². The molecule has 0 radical (unpaired) electrons. The first-order valence-electron chi connectivity index (χ1n) is 8.58. The van der Waals surface area contributed by atoms with E-state index in [-0.39, 0.29) is 23.6 Å². The van der Waals surface area contributed by atoms with E-state index in [4.69, 9.17) is 14.0 Å². The van der Waals surface area contributed by atoms with Gasteiger partial charge in [-0.25, -0.2) is 0 Å². The van der Waals surface area contributed by atoms with Crippen molar-refractivity contribution in [2.75, 3.05) is 44.4 Å². The molecule has 0 spiro atoms. The minimum atomic E-state index is -0.237. The molecule has 3 aliphatic rings. The molecule has 126 valence electrons. The van der Waals surface area contributed by atoms with Crippen LogP contribution in [0.3, 0.4) is 0 Å². The molecule has 2 saturated heterocycles. The van der Waals surface area contributed by atoms with E-state index in [0.29, 0.717) is 0 Å². The van der Waals surface area contributed by atoms with Gasteiger partial charge in [0.1, 0.15) is 0 Å². The van der Waals surface area contributed by atoms with Crippen molar-refractivity contribution in [1.29, 1.82) is 0 Å². The van der Waals surface area contributed by atoms with Gasteiger partial charge in [0.05, 0.1) is 24.4 Å². The summed E-state index contributed by atoms with van der Waals surface area (Å²) in [7, 11) is -0.108. The van der Waals surface area contributed by atoms with Crippen LogP contribution in [0.5, 0.6) is 0 Å². The zero-order chi connectivity index (χ0) is 15.8. The Balaban J connectivity index is 1.43. The Bertz CT molecular complexity index is 379. The summed E-state index contributed by atoms with van der Waals surface area (Å²) < 4.78 is 18.4. The molecule has 6 heteroatoms. The topological polar surface area (TPSA) is 30.9 Å². The number of thioether (sulfide) groups is 1. The zero-order valence-electron chi connectivity index (χ0n) is 14.5. The molecule has 0 N–H and O–H groups in total. The lowest BCUT2D eigenvalue weighted by Gasteiger charge is -2.32. The highest BCUT2D eigenvalue weighted by molar-refractivity contribution is 7.99. The first-order valence-corrected chi connectivity index (χ1v) is 9.74. The van der Waals surface area contributed by atoms with E-state index in [1.165, 1.54) is 24.6 Å². The lowest BCUT2D eigenvalue weighted by atomic mass is 9.68. The molecular weight excluding hydrogens is 297 g/mol. The van der Waals surface area contributed by atoms with Crippen LogP contribution in [0.4, 0.5) is 0 Å². The van der Waals surface area contributed by atoms with Gasteiger partial charge in [0, 0.05) is 36.5 Å². The fourth-order valence-electron chi connectivity index (χ4n) is 3.00. The fraction of sp³-hybridized carbons (Fsp3) is 1.00. The molecule has 1 aliphatic carbocycles. The molecule has 0 unspecified atom stereocenters. The third-order valence-electron chi connectivity index (χ3n) is 5.69. The van der Waals surface area contributed by atoms with Gasteiger partial charge in [-0.3, -0.25) is 4.90 Å². The van der Waals surface area contributed by atoms with Crippen LogP contribution in [0.1, 0.15) is 40.5 Å². The second-order valence-electron chi connectivity index (χ2n) is 7.96. The first-order chi connectivity index (χ1) is 10.3. The lowest BCUT2D eigenvalue weighted by Crippen LogP contribution is -2.41. The molecular formula is C16H30BNO3S. The number of nitrogens with zero attached hydrogens (tertiary/aromatic N) is 1. The van der Waals surface area contributed by atoms with Crippen molar-refractivity contribution in [2.24, 2.45) is 0 Å². The molecule has 0 aromatic rings. The first kappa shape index (κ1) is 17.1. The van der Waals surface area contributed by atoms with Gasteiger partial charge < -0.3 is 14.0 Å². The Morgan fingerprint density at radius 1 is 1.05 bits per heavy atom. The normalized spacial score (nSPS) is 29.7. The second-order valence-corrected chi connectivity index (χ2v) is 9.18. The van der Waals surface area contributed by atoms with E-state index in [1.54, 1.807) is 0 Å². The molecule has 3 rings (SSSR count).